The summed E-state index contributed by atoms with van der Waals surface area (Å²) in [6, 6.07) is 45.4. The van der Waals surface area contributed by atoms with E-state index in [0.29, 0.717) is 47.8 Å². The van der Waals surface area contributed by atoms with Gasteiger partial charge in [-0.25, -0.2) is 52.9 Å². The SMILES string of the molecule is COc1c(F)cccc1-c1c[nH]c2ncc(-c3ccc(CN4CCOCC4)s3)cc12.COc1c(F)cccc1-c1cn(S(=O)(=O)c2ccc(C)cc2)c2ncc(-c3ccc(CN4CCOCC4)s3)cc12.COc1c(F)cccc1-c1cn(S(=O)(=O)c2ccc(C)cc2)c2ncc(Br)cc12.OB(O)c1ccc(CN2CCOCC2)s1. The average molecular weight is 1700 g/mol. The Morgan fingerprint density at radius 2 is 0.860 bits per heavy atom. The summed E-state index contributed by atoms with van der Waals surface area (Å²) in [6.45, 7) is 16.8. The Morgan fingerprint density at radius 1 is 0.474 bits per heavy atom. The molecule has 17 rings (SSSR count). The number of H-pyrrole nitrogens is 1. The van der Waals surface area contributed by atoms with Crippen molar-refractivity contribution in [2.45, 2.75) is 43.3 Å². The molecule has 3 saturated heterocycles. The topological polar surface area (TPSA) is 238 Å². The number of halogens is 4. The van der Waals surface area contributed by atoms with Crippen molar-refractivity contribution in [3.05, 3.63) is 243 Å². The van der Waals surface area contributed by atoms with E-state index in [4.69, 9.17) is 38.5 Å². The molecule has 0 radical (unpaired) electrons. The number of aromatic amines is 1. The zero-order valence-electron chi connectivity index (χ0n) is 62.8. The van der Waals surface area contributed by atoms with Crippen LogP contribution in [0.4, 0.5) is 13.2 Å². The maximum atomic E-state index is 14.7. The Hall–Kier alpha value is -9.42. The molecule has 0 saturated carbocycles. The van der Waals surface area contributed by atoms with Crippen LogP contribution in [0.15, 0.2) is 209 Å². The fraction of sp³-hybridized carbons (Fsp3) is 0.241. The second-order valence-corrected chi connectivity index (χ2v) is 35.2. The Bertz CT molecular complexity index is 5960. The summed E-state index contributed by atoms with van der Waals surface area (Å²) in [4.78, 5) is 30.0. The van der Waals surface area contributed by atoms with Crippen LogP contribution in [0.25, 0.3) is 87.4 Å². The van der Waals surface area contributed by atoms with Crippen LogP contribution in [0.2, 0.25) is 0 Å². The van der Waals surface area contributed by atoms with Gasteiger partial charge < -0.3 is 43.5 Å². The van der Waals surface area contributed by atoms with Crippen LogP contribution in [0.1, 0.15) is 25.8 Å². The number of aryl methyl sites for hydroxylation is 2. The van der Waals surface area contributed by atoms with Crippen LogP contribution < -0.4 is 19.0 Å². The monoisotopic (exact) mass is 1700 g/mol. The maximum absolute atomic E-state index is 14.7. The first-order valence-electron chi connectivity index (χ1n) is 36.5. The van der Waals surface area contributed by atoms with E-state index in [1.807, 2.05) is 44.4 Å². The normalized spacial score (nSPS) is 14.4. The van der Waals surface area contributed by atoms with Crippen LogP contribution in [-0.2, 0) is 53.9 Å². The van der Waals surface area contributed by atoms with Crippen molar-refractivity contribution < 1.29 is 68.5 Å². The molecule has 0 atom stereocenters. The minimum atomic E-state index is -3.98. The predicted octanol–water partition coefficient (Wildman–Crippen LogP) is 15.3. The van der Waals surface area contributed by atoms with Crippen LogP contribution in [0, 0.1) is 31.3 Å². The number of ether oxygens (including phenoxy) is 6. The van der Waals surface area contributed by atoms with Gasteiger partial charge in [-0.05, 0) is 121 Å². The quantitative estimate of drug-likeness (QED) is 0.0638. The number of hydrogen-bond donors (Lipinski definition) is 3. The summed E-state index contributed by atoms with van der Waals surface area (Å²) in [7, 11) is -4.97. The van der Waals surface area contributed by atoms with Crippen LogP contribution in [0.5, 0.6) is 17.2 Å². The fourth-order valence-electron chi connectivity index (χ4n) is 13.7. The van der Waals surface area contributed by atoms with Crippen LogP contribution >= 0.6 is 49.9 Å². The molecule has 0 unspecified atom stereocenters. The van der Waals surface area contributed by atoms with Crippen molar-refractivity contribution in [3.8, 4) is 71.5 Å². The van der Waals surface area contributed by atoms with Gasteiger partial charge in [0.05, 0.1) is 70.8 Å². The van der Waals surface area contributed by atoms with E-state index in [0.717, 1.165) is 146 Å². The Balaban J connectivity index is 0.000000131. The second kappa shape index (κ2) is 36.2. The minimum Gasteiger partial charge on any atom is -0.493 e. The standard InChI is InChI=1S/C30H28FN3O4S2.C23H22FN3O2S.C21H16BrFN2O3S.C9H14BNO3S/c1-20-6-9-23(10-7-20)40(35,36)34-19-26(24-4-3-5-27(31)29(24)37-2)25-16-21(17-32-30(25)34)28-11-8-22(39-28)18-33-12-14-38-15-13-33;1-28-22-17(3-2-4-20(22)24)19-13-26-23-18(19)11-15(12-25-23)21-6-5-16(30-21)14-27-7-9-29-10-8-27;1-13-6-8-15(9-7-13)29(26,27)25-12-18(17-10-14(22)11-24-21(17)25)16-4-3-5-19(23)20(16)28-2;12-10(13)9-2-1-8(15-9)7-11-3-5-14-6-4-11/h3-11,16-17,19H,12-15,18H2,1-2H3;2-6,11-13H,7-10,14H2,1H3,(H,25,26);3-12H,1-2H3;1-2,12-13H,3-7H2. The first-order valence-corrected chi connectivity index (χ1v) is 42.6. The van der Waals surface area contributed by atoms with Gasteiger partial charge >= 0.3 is 7.12 Å². The Morgan fingerprint density at radius 3 is 1.28 bits per heavy atom. The smallest absolute Gasteiger partial charge is 0.493 e. The lowest BCUT2D eigenvalue weighted by Gasteiger charge is -2.25. The van der Waals surface area contributed by atoms with Crippen LogP contribution in [0.3, 0.4) is 0 Å². The molecule has 31 heteroatoms. The number of nitrogens with zero attached hydrogens (tertiary/aromatic N) is 8. The highest BCUT2D eigenvalue weighted by atomic mass is 79.9. The number of aromatic nitrogens is 6. The van der Waals surface area contributed by atoms with Gasteiger partial charge in [0.1, 0.15) is 5.65 Å². The molecule has 5 aromatic carbocycles. The molecule has 590 valence electrons. The van der Waals surface area contributed by atoms with Crippen molar-refractivity contribution in [2.24, 2.45) is 0 Å². The van der Waals surface area contributed by atoms with Crippen molar-refractivity contribution in [1.29, 1.82) is 0 Å². The number of benzene rings is 5. The summed E-state index contributed by atoms with van der Waals surface area (Å²) in [5.41, 5.74) is 8.58. The number of pyridine rings is 3. The van der Waals surface area contributed by atoms with Crippen molar-refractivity contribution >= 4 is 115 Å². The van der Waals surface area contributed by atoms with Gasteiger partial charge in [0.15, 0.2) is 46.0 Å². The highest BCUT2D eigenvalue weighted by Crippen LogP contribution is 2.44. The molecule has 9 aromatic heterocycles. The zero-order valence-corrected chi connectivity index (χ0v) is 68.4. The van der Waals surface area contributed by atoms with E-state index < -0.39 is 38.8 Å². The molecule has 3 aliphatic heterocycles. The Kier molecular flexibility index (Phi) is 25.8. The number of methoxy groups -OCH3 is 3. The maximum Gasteiger partial charge on any atom is 0.499 e. The number of fused-ring (bicyclic) bond motifs is 3. The lowest BCUT2D eigenvalue weighted by molar-refractivity contribution is 0.0346. The minimum absolute atomic E-state index is 0.0410. The Labute approximate surface area is 678 Å². The molecule has 0 bridgehead atoms. The molecule has 3 N–H and O–H groups in total. The molecule has 114 heavy (non-hydrogen) atoms. The lowest BCUT2D eigenvalue weighted by Crippen LogP contribution is -2.35. The van der Waals surface area contributed by atoms with Gasteiger partial charge in [0.2, 0.25) is 0 Å². The molecule has 3 fully saturated rings. The third kappa shape index (κ3) is 18.1. The number of hydrogen-bond acceptors (Lipinski definition) is 21. The van der Waals surface area contributed by atoms with Gasteiger partial charge in [0.25, 0.3) is 20.0 Å². The summed E-state index contributed by atoms with van der Waals surface area (Å²) in [5.74, 6) is -1.11. The van der Waals surface area contributed by atoms with E-state index in [1.165, 1.54) is 92.9 Å². The van der Waals surface area contributed by atoms with Gasteiger partial charge in [-0.2, -0.15) is 0 Å². The number of nitrogens with one attached hydrogen (secondary N) is 1. The number of thiophene rings is 3. The van der Waals surface area contributed by atoms with E-state index in [-0.39, 0.29) is 44.2 Å². The average Bonchev–Trinajstić information content (AvgIpc) is 1.59. The molecule has 12 heterocycles. The van der Waals surface area contributed by atoms with Gasteiger partial charge in [-0.3, -0.25) is 14.7 Å². The second-order valence-electron chi connectivity index (χ2n) is 27.1. The van der Waals surface area contributed by atoms with Gasteiger partial charge in [-0.1, -0.05) is 77.9 Å². The first-order chi connectivity index (χ1) is 55.1. The third-order valence-electron chi connectivity index (χ3n) is 19.5. The first kappa shape index (κ1) is 81.2. The van der Waals surface area contributed by atoms with Crippen molar-refractivity contribution in [3.63, 3.8) is 0 Å². The number of para-hydroxylation sites is 3. The molecule has 3 aliphatic rings. The highest BCUT2D eigenvalue weighted by molar-refractivity contribution is 9.10. The molecular weight excluding hydrogens is 1620 g/mol. The number of morpholine rings is 3. The van der Waals surface area contributed by atoms with Gasteiger partial charge in [-0.15, -0.1) is 34.0 Å². The summed E-state index contributed by atoms with van der Waals surface area (Å²) < 4.78 is 133. The highest BCUT2D eigenvalue weighted by Gasteiger charge is 2.29. The third-order valence-corrected chi connectivity index (χ3v) is 26.6. The van der Waals surface area contributed by atoms with E-state index in [2.05, 4.69) is 80.9 Å². The van der Waals surface area contributed by atoms with E-state index >= 15 is 0 Å². The predicted molar refractivity (Wildman–Crippen MR) is 446 cm³/mol. The van der Waals surface area contributed by atoms with Gasteiger partial charge in [0, 0.05) is 190 Å². The van der Waals surface area contributed by atoms with E-state index in [1.54, 1.807) is 120 Å². The molecule has 14 aromatic rings. The van der Waals surface area contributed by atoms with Crippen molar-refractivity contribution in [1.82, 2.24) is 42.6 Å². The van der Waals surface area contributed by atoms with E-state index in [9.17, 15) is 30.0 Å². The molecule has 0 spiro atoms. The summed E-state index contributed by atoms with van der Waals surface area (Å²) >= 11 is 8.29. The van der Waals surface area contributed by atoms with Crippen molar-refractivity contribution in [2.75, 3.05) is 100 Å². The number of rotatable bonds is 19. The summed E-state index contributed by atoms with van der Waals surface area (Å²) in [5, 5.41) is 20.0. The molecule has 0 aliphatic carbocycles. The molecular formula is C83H80BBrF3N9O12S5. The molecule has 0 amide bonds. The lowest BCUT2D eigenvalue weighted by atomic mass is 9.90. The largest absolute Gasteiger partial charge is 0.499 e. The zero-order chi connectivity index (χ0) is 79.8. The summed E-state index contributed by atoms with van der Waals surface area (Å²) in [6.07, 6.45) is 9.92. The molecule has 21 nitrogen and oxygen atoms in total. The fourth-order valence-corrected chi connectivity index (χ4v) is 19.6. The van der Waals surface area contributed by atoms with Crippen LogP contribution in [-0.4, -0.2) is 177 Å².